The van der Waals surface area contributed by atoms with Crippen LogP contribution in [0.4, 0.5) is 0 Å². The first-order chi connectivity index (χ1) is 14.0. The number of nitrogens with one attached hydrogen (secondary N) is 2. The van der Waals surface area contributed by atoms with E-state index in [0.717, 1.165) is 32.1 Å². The molecule has 29 heavy (non-hydrogen) atoms. The normalized spacial score (nSPS) is 34.1. The minimum Gasteiger partial charge on any atom is -0.377 e. The number of guanidine groups is 1. The van der Waals surface area contributed by atoms with Crippen LogP contribution < -0.4 is 10.6 Å². The summed E-state index contributed by atoms with van der Waals surface area (Å²) in [6, 6.07) is 9.20. The van der Waals surface area contributed by atoms with Gasteiger partial charge in [-0.1, -0.05) is 43.7 Å². The third kappa shape index (κ3) is 4.17. The smallest absolute Gasteiger partial charge is 0.191 e. The monoisotopic (exact) mass is 399 g/mol. The molecule has 0 radical (unpaired) electrons. The lowest BCUT2D eigenvalue weighted by atomic mass is 9.55. The second-order valence-electron chi connectivity index (χ2n) is 9.60. The third-order valence-corrected chi connectivity index (χ3v) is 7.23. The van der Waals surface area contributed by atoms with Gasteiger partial charge in [-0.2, -0.15) is 0 Å². The molecule has 1 aromatic carbocycles. The highest BCUT2D eigenvalue weighted by atomic mass is 16.5. The van der Waals surface area contributed by atoms with Crippen molar-refractivity contribution in [1.82, 2.24) is 10.6 Å². The van der Waals surface area contributed by atoms with Crippen LogP contribution in [0.1, 0.15) is 56.8 Å². The first-order valence-electron chi connectivity index (χ1n) is 11.3. The Kier molecular flexibility index (Phi) is 6.16. The van der Waals surface area contributed by atoms with E-state index in [1.807, 2.05) is 7.05 Å². The molecule has 1 aliphatic carbocycles. The molecule has 3 fully saturated rings. The predicted molar refractivity (Wildman–Crippen MR) is 117 cm³/mol. The van der Waals surface area contributed by atoms with Crippen molar-refractivity contribution in [2.75, 3.05) is 26.8 Å². The summed E-state index contributed by atoms with van der Waals surface area (Å²) in [6.07, 6.45) is 5.25. The molecular formula is C24H37N3O2. The van der Waals surface area contributed by atoms with Gasteiger partial charge in [-0.15, -0.1) is 0 Å². The molecule has 5 unspecified atom stereocenters. The van der Waals surface area contributed by atoms with Crippen LogP contribution in [0.2, 0.25) is 0 Å². The summed E-state index contributed by atoms with van der Waals surface area (Å²) >= 11 is 0. The molecule has 4 rings (SSSR count). The Labute approximate surface area is 175 Å². The lowest BCUT2D eigenvalue weighted by Crippen LogP contribution is -2.71. The van der Waals surface area contributed by atoms with E-state index in [2.05, 4.69) is 60.7 Å². The summed E-state index contributed by atoms with van der Waals surface area (Å²) in [5.41, 5.74) is 2.71. The van der Waals surface area contributed by atoms with Crippen molar-refractivity contribution in [1.29, 1.82) is 0 Å². The molecule has 0 amide bonds. The van der Waals surface area contributed by atoms with E-state index in [-0.39, 0.29) is 11.5 Å². The number of hydrogen-bond acceptors (Lipinski definition) is 3. The maximum Gasteiger partial charge on any atom is 0.191 e. The molecule has 2 N–H and O–H groups in total. The number of hydrogen-bond donors (Lipinski definition) is 2. The van der Waals surface area contributed by atoms with E-state index in [9.17, 15) is 0 Å². The second-order valence-corrected chi connectivity index (χ2v) is 9.60. The summed E-state index contributed by atoms with van der Waals surface area (Å²) in [4.78, 5) is 4.52. The fraction of sp³-hybridized carbons (Fsp3) is 0.708. The van der Waals surface area contributed by atoms with Crippen LogP contribution >= 0.6 is 0 Å². The predicted octanol–water partition coefficient (Wildman–Crippen LogP) is 3.83. The fourth-order valence-electron chi connectivity index (χ4n) is 5.56. The van der Waals surface area contributed by atoms with Crippen LogP contribution in [-0.4, -0.2) is 44.9 Å². The van der Waals surface area contributed by atoms with Crippen molar-refractivity contribution in [3.05, 3.63) is 35.4 Å². The van der Waals surface area contributed by atoms with E-state index in [4.69, 9.17) is 9.47 Å². The Bertz CT molecular complexity index is 715. The molecule has 1 aromatic rings. The number of ether oxygens (including phenoxy) is 2. The molecule has 5 heteroatoms. The summed E-state index contributed by atoms with van der Waals surface area (Å²) < 4.78 is 12.2. The molecule has 5 nitrogen and oxygen atoms in total. The second kappa shape index (κ2) is 8.65. The molecule has 2 aliphatic heterocycles. The van der Waals surface area contributed by atoms with Gasteiger partial charge in [0.2, 0.25) is 0 Å². The maximum absolute atomic E-state index is 6.18. The Balaban J connectivity index is 1.36. The third-order valence-electron chi connectivity index (χ3n) is 7.23. The number of rotatable bonds is 4. The average Bonchev–Trinajstić information content (AvgIpc) is 2.74. The molecule has 0 aromatic heterocycles. The standard InChI is InChI=1S/C24H37N3O2/c1-16-9-11-17(12-10-16)20-18(7-5-13-28-20)15-26-23(25-4)27-21-19-8-6-14-29-22(19)24(21,2)3/h9-12,18-22H,5-8,13-15H2,1-4H3,(H2,25,26,27). The average molecular weight is 400 g/mol. The van der Waals surface area contributed by atoms with Gasteiger partial charge in [0.05, 0.1) is 12.2 Å². The minimum absolute atomic E-state index is 0.140. The van der Waals surface area contributed by atoms with Gasteiger partial charge in [0.25, 0.3) is 0 Å². The van der Waals surface area contributed by atoms with Crippen LogP contribution in [0, 0.1) is 24.2 Å². The van der Waals surface area contributed by atoms with Gasteiger partial charge in [0.1, 0.15) is 0 Å². The number of aryl methyl sites for hydroxylation is 1. The number of fused-ring (bicyclic) bond motifs is 1. The highest BCUT2D eigenvalue weighted by Crippen LogP contribution is 2.51. The summed E-state index contributed by atoms with van der Waals surface area (Å²) in [7, 11) is 1.87. The van der Waals surface area contributed by atoms with Gasteiger partial charge < -0.3 is 20.1 Å². The zero-order valence-corrected chi connectivity index (χ0v) is 18.4. The van der Waals surface area contributed by atoms with Crippen molar-refractivity contribution < 1.29 is 9.47 Å². The van der Waals surface area contributed by atoms with Crippen molar-refractivity contribution in [3.63, 3.8) is 0 Å². The molecule has 2 heterocycles. The van der Waals surface area contributed by atoms with Gasteiger partial charge in [-0.25, -0.2) is 0 Å². The van der Waals surface area contributed by atoms with Crippen molar-refractivity contribution in [2.24, 2.45) is 22.2 Å². The number of benzene rings is 1. The number of nitrogens with zero attached hydrogens (tertiary/aromatic N) is 1. The van der Waals surface area contributed by atoms with Gasteiger partial charge >= 0.3 is 0 Å². The molecule has 5 atom stereocenters. The first-order valence-corrected chi connectivity index (χ1v) is 11.3. The maximum atomic E-state index is 6.18. The molecule has 2 saturated heterocycles. The van der Waals surface area contributed by atoms with Crippen LogP contribution in [-0.2, 0) is 9.47 Å². The van der Waals surface area contributed by atoms with Gasteiger partial charge in [0, 0.05) is 50.1 Å². The molecule has 160 valence electrons. The van der Waals surface area contributed by atoms with Crippen molar-refractivity contribution in [2.45, 2.75) is 64.7 Å². The van der Waals surface area contributed by atoms with Crippen molar-refractivity contribution >= 4 is 5.96 Å². The van der Waals surface area contributed by atoms with E-state index in [1.54, 1.807) is 0 Å². The van der Waals surface area contributed by atoms with E-state index in [1.165, 1.54) is 30.4 Å². The fourth-order valence-corrected chi connectivity index (χ4v) is 5.56. The molecule has 0 bridgehead atoms. The SMILES string of the molecule is CN=C(NCC1CCCOC1c1ccc(C)cc1)NC1C2CCCOC2C1(C)C. The van der Waals surface area contributed by atoms with E-state index in [0.29, 0.717) is 24.0 Å². The first kappa shape index (κ1) is 20.7. The number of aliphatic imine (C=N–C) groups is 1. The zero-order valence-electron chi connectivity index (χ0n) is 18.4. The summed E-state index contributed by atoms with van der Waals surface area (Å²) in [6.45, 7) is 9.38. The Morgan fingerprint density at radius 3 is 2.59 bits per heavy atom. The summed E-state index contributed by atoms with van der Waals surface area (Å²) in [5.74, 6) is 1.95. The van der Waals surface area contributed by atoms with Crippen LogP contribution in [0.15, 0.2) is 29.3 Å². The van der Waals surface area contributed by atoms with Gasteiger partial charge in [0.15, 0.2) is 5.96 Å². The van der Waals surface area contributed by atoms with Crippen molar-refractivity contribution in [3.8, 4) is 0 Å². The Morgan fingerprint density at radius 2 is 1.83 bits per heavy atom. The zero-order chi connectivity index (χ0) is 20.4. The highest BCUT2D eigenvalue weighted by molar-refractivity contribution is 5.80. The molecule has 1 saturated carbocycles. The largest absolute Gasteiger partial charge is 0.377 e. The molecular weight excluding hydrogens is 362 g/mol. The lowest BCUT2D eigenvalue weighted by molar-refractivity contribution is -0.188. The Morgan fingerprint density at radius 1 is 1.10 bits per heavy atom. The molecule has 3 aliphatic rings. The van der Waals surface area contributed by atoms with Crippen LogP contribution in [0.25, 0.3) is 0 Å². The van der Waals surface area contributed by atoms with E-state index < -0.39 is 0 Å². The molecule has 0 spiro atoms. The quantitative estimate of drug-likeness (QED) is 0.597. The topological polar surface area (TPSA) is 54.9 Å². The minimum atomic E-state index is 0.140. The van der Waals surface area contributed by atoms with E-state index >= 15 is 0 Å². The highest BCUT2D eigenvalue weighted by Gasteiger charge is 2.58. The lowest BCUT2D eigenvalue weighted by Gasteiger charge is -2.60. The van der Waals surface area contributed by atoms with Crippen LogP contribution in [0.3, 0.4) is 0 Å². The van der Waals surface area contributed by atoms with Crippen LogP contribution in [0.5, 0.6) is 0 Å². The van der Waals surface area contributed by atoms with Gasteiger partial charge in [-0.05, 0) is 38.2 Å². The van der Waals surface area contributed by atoms with Gasteiger partial charge in [-0.3, -0.25) is 4.99 Å². The summed E-state index contributed by atoms with van der Waals surface area (Å²) in [5, 5.41) is 7.31. The Hall–Kier alpha value is -1.59.